The molecule has 3 rings (SSSR count). The summed E-state index contributed by atoms with van der Waals surface area (Å²) >= 11 is 6.21. The summed E-state index contributed by atoms with van der Waals surface area (Å²) in [5.74, 6) is -0.134. The van der Waals surface area contributed by atoms with Crippen LogP contribution in [0.15, 0.2) is 48.5 Å². The Bertz CT molecular complexity index is 761. The lowest BCUT2D eigenvalue weighted by atomic mass is 10.0. The average Bonchev–Trinajstić information content (AvgIpc) is 3.05. The van der Waals surface area contributed by atoms with Crippen LogP contribution in [0.5, 0.6) is 0 Å². The quantitative estimate of drug-likeness (QED) is 0.746. The number of rotatable bonds is 4. The second kappa shape index (κ2) is 7.13. The molecule has 0 spiro atoms. The molecule has 6 heteroatoms. The molecular weight excluding hydrogens is 326 g/mol. The van der Waals surface area contributed by atoms with Gasteiger partial charge in [0.25, 0.3) is 0 Å². The zero-order valence-corrected chi connectivity index (χ0v) is 13.9. The lowest BCUT2D eigenvalue weighted by molar-refractivity contribution is -0.117. The van der Waals surface area contributed by atoms with Crippen molar-refractivity contribution in [1.82, 2.24) is 10.9 Å². The van der Waals surface area contributed by atoms with Crippen LogP contribution in [0.4, 0.5) is 5.69 Å². The molecule has 1 heterocycles. The monoisotopic (exact) mass is 343 g/mol. The number of ketones is 1. The van der Waals surface area contributed by atoms with Crippen molar-refractivity contribution < 1.29 is 9.59 Å². The van der Waals surface area contributed by atoms with E-state index in [1.54, 1.807) is 24.3 Å². The molecule has 0 aliphatic carbocycles. The minimum absolute atomic E-state index is 0.00267. The fraction of sp³-hybridized carbons (Fsp3) is 0.222. The van der Waals surface area contributed by atoms with Crippen LogP contribution in [-0.4, -0.2) is 17.7 Å². The van der Waals surface area contributed by atoms with Crippen LogP contribution >= 0.6 is 11.6 Å². The Balaban J connectivity index is 1.62. The van der Waals surface area contributed by atoms with Crippen molar-refractivity contribution in [2.75, 3.05) is 5.32 Å². The fourth-order valence-corrected chi connectivity index (χ4v) is 2.97. The number of hydrogen-bond donors (Lipinski definition) is 3. The van der Waals surface area contributed by atoms with Gasteiger partial charge >= 0.3 is 0 Å². The zero-order chi connectivity index (χ0) is 17.1. The SMILES string of the molecule is CC(=O)c1ccc(NC(=O)C2CC(c3ccccc3Cl)NN2)cc1. The van der Waals surface area contributed by atoms with Gasteiger partial charge in [0.2, 0.25) is 5.91 Å². The van der Waals surface area contributed by atoms with E-state index in [-0.39, 0.29) is 23.8 Å². The Morgan fingerprint density at radius 1 is 1.08 bits per heavy atom. The number of halogens is 1. The predicted octanol–water partition coefficient (Wildman–Crippen LogP) is 3.09. The summed E-state index contributed by atoms with van der Waals surface area (Å²) in [5, 5.41) is 3.53. The summed E-state index contributed by atoms with van der Waals surface area (Å²) < 4.78 is 0. The summed E-state index contributed by atoms with van der Waals surface area (Å²) in [6, 6.07) is 14.1. The van der Waals surface area contributed by atoms with E-state index in [9.17, 15) is 9.59 Å². The summed E-state index contributed by atoms with van der Waals surface area (Å²) in [6.45, 7) is 1.51. The van der Waals surface area contributed by atoms with Crippen molar-refractivity contribution in [1.29, 1.82) is 0 Å². The van der Waals surface area contributed by atoms with E-state index in [0.717, 1.165) is 5.56 Å². The van der Waals surface area contributed by atoms with Crippen LogP contribution in [0.1, 0.15) is 35.3 Å². The third kappa shape index (κ3) is 3.64. The molecule has 1 fully saturated rings. The molecule has 5 nitrogen and oxygen atoms in total. The standard InChI is InChI=1S/C18H18ClN3O2/c1-11(23)12-6-8-13(9-7-12)20-18(24)17-10-16(21-22-17)14-4-2-3-5-15(14)19/h2-9,16-17,21-22H,10H2,1H3,(H,20,24). The summed E-state index contributed by atoms with van der Waals surface area (Å²) in [5.41, 5.74) is 8.37. The average molecular weight is 344 g/mol. The van der Waals surface area contributed by atoms with Gasteiger partial charge in [0.05, 0.1) is 0 Å². The molecule has 2 aromatic carbocycles. The van der Waals surface area contributed by atoms with Gasteiger partial charge in [-0.1, -0.05) is 29.8 Å². The molecular formula is C18H18ClN3O2. The molecule has 124 valence electrons. The van der Waals surface area contributed by atoms with Crippen LogP contribution < -0.4 is 16.2 Å². The van der Waals surface area contributed by atoms with Crippen LogP contribution in [0.2, 0.25) is 5.02 Å². The van der Waals surface area contributed by atoms with Gasteiger partial charge in [-0.15, -0.1) is 0 Å². The van der Waals surface area contributed by atoms with Crippen molar-refractivity contribution >= 4 is 29.0 Å². The zero-order valence-electron chi connectivity index (χ0n) is 13.2. The number of hydrazine groups is 1. The predicted molar refractivity (Wildman–Crippen MR) is 93.9 cm³/mol. The van der Waals surface area contributed by atoms with Crippen molar-refractivity contribution in [3.8, 4) is 0 Å². The molecule has 1 aliphatic rings. The Morgan fingerprint density at radius 3 is 2.46 bits per heavy atom. The first-order chi connectivity index (χ1) is 11.5. The third-order valence-corrected chi connectivity index (χ3v) is 4.40. The van der Waals surface area contributed by atoms with Gasteiger partial charge in [0, 0.05) is 22.3 Å². The smallest absolute Gasteiger partial charge is 0.242 e. The van der Waals surface area contributed by atoms with Crippen LogP contribution in [0.3, 0.4) is 0 Å². The van der Waals surface area contributed by atoms with Gasteiger partial charge in [0.15, 0.2) is 5.78 Å². The lowest BCUT2D eigenvalue weighted by Crippen LogP contribution is -2.39. The van der Waals surface area contributed by atoms with Crippen molar-refractivity contribution in [2.45, 2.75) is 25.4 Å². The van der Waals surface area contributed by atoms with Gasteiger partial charge in [-0.3, -0.25) is 9.59 Å². The molecule has 1 amide bonds. The molecule has 2 aromatic rings. The lowest BCUT2D eigenvalue weighted by Gasteiger charge is -2.12. The summed E-state index contributed by atoms with van der Waals surface area (Å²) in [6.07, 6.45) is 0.598. The molecule has 0 aromatic heterocycles. The number of anilines is 1. The molecule has 2 atom stereocenters. The van der Waals surface area contributed by atoms with Crippen molar-refractivity contribution in [3.63, 3.8) is 0 Å². The van der Waals surface area contributed by atoms with E-state index in [1.165, 1.54) is 6.92 Å². The number of carbonyl (C=O) groups excluding carboxylic acids is 2. The van der Waals surface area contributed by atoms with E-state index >= 15 is 0 Å². The van der Waals surface area contributed by atoms with Gasteiger partial charge in [-0.25, -0.2) is 10.9 Å². The number of Topliss-reactive ketones (excluding diaryl/α,β-unsaturated/α-hetero) is 1. The molecule has 1 aliphatic heterocycles. The van der Waals surface area contributed by atoms with Crippen LogP contribution in [0.25, 0.3) is 0 Å². The second-order valence-corrected chi connectivity index (χ2v) is 6.18. The largest absolute Gasteiger partial charge is 0.325 e. The summed E-state index contributed by atoms with van der Waals surface area (Å²) in [7, 11) is 0. The first-order valence-electron chi connectivity index (χ1n) is 7.72. The molecule has 24 heavy (non-hydrogen) atoms. The normalized spacial score (nSPS) is 19.9. The minimum atomic E-state index is -0.362. The Labute approximate surface area is 145 Å². The van der Waals surface area contributed by atoms with Gasteiger partial charge < -0.3 is 5.32 Å². The maximum atomic E-state index is 12.4. The van der Waals surface area contributed by atoms with Crippen molar-refractivity contribution in [2.24, 2.45) is 0 Å². The van der Waals surface area contributed by atoms with Crippen LogP contribution in [-0.2, 0) is 4.79 Å². The molecule has 1 saturated heterocycles. The minimum Gasteiger partial charge on any atom is -0.325 e. The topological polar surface area (TPSA) is 70.2 Å². The Hall–Kier alpha value is -2.21. The van der Waals surface area contributed by atoms with E-state index in [4.69, 9.17) is 11.6 Å². The van der Waals surface area contributed by atoms with E-state index in [2.05, 4.69) is 16.2 Å². The Kier molecular flexibility index (Phi) is 4.94. The second-order valence-electron chi connectivity index (χ2n) is 5.77. The highest BCUT2D eigenvalue weighted by Crippen LogP contribution is 2.28. The van der Waals surface area contributed by atoms with Crippen molar-refractivity contribution in [3.05, 3.63) is 64.7 Å². The molecule has 0 radical (unpaired) electrons. The molecule has 3 N–H and O–H groups in total. The maximum absolute atomic E-state index is 12.4. The highest BCUT2D eigenvalue weighted by molar-refractivity contribution is 6.31. The number of benzene rings is 2. The summed E-state index contributed by atoms with van der Waals surface area (Å²) in [4.78, 5) is 23.7. The number of nitrogens with one attached hydrogen (secondary N) is 3. The van der Waals surface area contributed by atoms with Gasteiger partial charge in [-0.05, 0) is 49.2 Å². The Morgan fingerprint density at radius 2 is 1.79 bits per heavy atom. The van der Waals surface area contributed by atoms with Gasteiger partial charge in [-0.2, -0.15) is 0 Å². The van der Waals surface area contributed by atoms with Gasteiger partial charge in [0.1, 0.15) is 6.04 Å². The maximum Gasteiger partial charge on any atom is 0.242 e. The number of carbonyl (C=O) groups is 2. The van der Waals surface area contributed by atoms with Crippen LogP contribution in [0, 0.1) is 0 Å². The fourth-order valence-electron chi connectivity index (χ4n) is 2.71. The number of hydrogen-bond acceptors (Lipinski definition) is 4. The van der Waals surface area contributed by atoms with E-state index in [1.807, 2.05) is 24.3 Å². The highest BCUT2D eigenvalue weighted by Gasteiger charge is 2.31. The molecule has 0 bridgehead atoms. The molecule has 0 saturated carbocycles. The van der Waals surface area contributed by atoms with E-state index in [0.29, 0.717) is 22.7 Å². The third-order valence-electron chi connectivity index (χ3n) is 4.06. The first-order valence-corrected chi connectivity index (χ1v) is 8.10. The first kappa shape index (κ1) is 16.6. The molecule has 2 unspecified atom stereocenters. The number of amides is 1. The van der Waals surface area contributed by atoms with E-state index < -0.39 is 0 Å². The highest BCUT2D eigenvalue weighted by atomic mass is 35.5.